The van der Waals surface area contributed by atoms with Crippen LogP contribution in [0.1, 0.15) is 35.8 Å². The van der Waals surface area contributed by atoms with E-state index in [2.05, 4.69) is 9.97 Å². The zero-order valence-corrected chi connectivity index (χ0v) is 10.6. The molecular weight excluding hydrogens is 250 g/mol. The molecule has 3 heterocycles. The van der Waals surface area contributed by atoms with Gasteiger partial charge in [-0.25, -0.2) is 4.98 Å². The molecule has 1 aromatic rings. The lowest BCUT2D eigenvalue weighted by Gasteiger charge is -2.26. The minimum Gasteiger partial charge on any atom is -0.368 e. The Kier molecular flexibility index (Phi) is 2.96. The van der Waals surface area contributed by atoms with Crippen molar-refractivity contribution >= 4 is 5.91 Å². The van der Waals surface area contributed by atoms with Crippen LogP contribution in [0.2, 0.25) is 0 Å². The standard InChI is InChI=1S/C12H15N3O4/c1-12(18-6-7-19-12)2-5-15-10(16)8-9(11(15)17)14-4-3-13-8/h3-4,10,16H,2,5-7H2,1H3. The molecular formula is C12H15N3O4. The van der Waals surface area contributed by atoms with E-state index in [1.807, 2.05) is 6.92 Å². The number of fused-ring (bicyclic) bond motifs is 1. The molecule has 2 aliphatic rings. The summed E-state index contributed by atoms with van der Waals surface area (Å²) in [6.45, 7) is 3.26. The number of nitrogens with zero attached hydrogens (tertiary/aromatic N) is 3. The number of ether oxygens (including phenoxy) is 2. The first-order chi connectivity index (χ1) is 9.11. The van der Waals surface area contributed by atoms with E-state index >= 15 is 0 Å². The third kappa shape index (κ3) is 2.09. The molecule has 1 saturated heterocycles. The first-order valence-electron chi connectivity index (χ1n) is 6.19. The highest BCUT2D eigenvalue weighted by atomic mass is 16.7. The lowest BCUT2D eigenvalue weighted by molar-refractivity contribution is -0.151. The quantitative estimate of drug-likeness (QED) is 0.833. The average molecular weight is 265 g/mol. The van der Waals surface area contributed by atoms with Crippen LogP contribution in [0.4, 0.5) is 0 Å². The first-order valence-corrected chi connectivity index (χ1v) is 6.19. The summed E-state index contributed by atoms with van der Waals surface area (Å²) in [5.74, 6) is -0.993. The third-order valence-electron chi connectivity index (χ3n) is 3.43. The second kappa shape index (κ2) is 4.52. The van der Waals surface area contributed by atoms with Crippen LogP contribution in [-0.2, 0) is 9.47 Å². The van der Waals surface area contributed by atoms with E-state index in [0.29, 0.717) is 31.9 Å². The SMILES string of the molecule is CC1(CCN2C(=O)c3nccnc3C2O)OCCO1. The highest BCUT2D eigenvalue weighted by molar-refractivity contribution is 5.96. The van der Waals surface area contributed by atoms with Crippen LogP contribution in [0.5, 0.6) is 0 Å². The largest absolute Gasteiger partial charge is 0.368 e. The van der Waals surface area contributed by atoms with Crippen LogP contribution in [0, 0.1) is 0 Å². The fourth-order valence-corrected chi connectivity index (χ4v) is 2.35. The number of amides is 1. The van der Waals surface area contributed by atoms with E-state index in [0.717, 1.165) is 0 Å². The summed E-state index contributed by atoms with van der Waals surface area (Å²) in [6.07, 6.45) is 2.35. The number of aliphatic hydroxyl groups is 1. The highest BCUT2D eigenvalue weighted by Gasteiger charge is 2.40. The van der Waals surface area contributed by atoms with E-state index in [-0.39, 0.29) is 11.6 Å². The molecule has 1 fully saturated rings. The number of aromatic nitrogens is 2. The maximum atomic E-state index is 12.1. The fraction of sp³-hybridized carbons (Fsp3) is 0.583. The minimum absolute atomic E-state index is 0.216. The van der Waals surface area contributed by atoms with Crippen molar-refractivity contribution in [2.45, 2.75) is 25.4 Å². The van der Waals surface area contributed by atoms with Crippen molar-refractivity contribution in [2.24, 2.45) is 0 Å². The first kappa shape index (κ1) is 12.5. The van der Waals surface area contributed by atoms with Gasteiger partial charge in [0.25, 0.3) is 5.91 Å². The van der Waals surface area contributed by atoms with Crippen molar-refractivity contribution in [3.8, 4) is 0 Å². The topological polar surface area (TPSA) is 84.8 Å². The maximum Gasteiger partial charge on any atom is 0.276 e. The van der Waals surface area contributed by atoms with Gasteiger partial charge < -0.3 is 19.5 Å². The van der Waals surface area contributed by atoms with Gasteiger partial charge in [0.05, 0.1) is 13.2 Å². The van der Waals surface area contributed by atoms with Gasteiger partial charge in [-0.15, -0.1) is 0 Å². The Bertz CT molecular complexity index is 502. The monoisotopic (exact) mass is 265 g/mol. The van der Waals surface area contributed by atoms with Crippen LogP contribution in [0.3, 0.4) is 0 Å². The molecule has 1 aromatic heterocycles. The van der Waals surface area contributed by atoms with Crippen LogP contribution in [0.25, 0.3) is 0 Å². The zero-order valence-electron chi connectivity index (χ0n) is 10.6. The predicted molar refractivity (Wildman–Crippen MR) is 63.0 cm³/mol. The van der Waals surface area contributed by atoms with Crippen LogP contribution in [-0.4, -0.2) is 51.4 Å². The summed E-state index contributed by atoms with van der Waals surface area (Å²) in [5, 5.41) is 10.1. The summed E-state index contributed by atoms with van der Waals surface area (Å²) in [6, 6.07) is 0. The normalized spacial score (nSPS) is 24.8. The number of aliphatic hydroxyl groups excluding tert-OH is 1. The molecule has 2 aliphatic heterocycles. The molecule has 1 amide bonds. The molecule has 0 bridgehead atoms. The molecule has 19 heavy (non-hydrogen) atoms. The average Bonchev–Trinajstić information content (AvgIpc) is 2.94. The lowest BCUT2D eigenvalue weighted by atomic mass is 10.2. The molecule has 0 aliphatic carbocycles. The third-order valence-corrected chi connectivity index (χ3v) is 3.43. The molecule has 7 heteroatoms. The molecule has 0 radical (unpaired) electrons. The smallest absolute Gasteiger partial charge is 0.276 e. The van der Waals surface area contributed by atoms with Gasteiger partial charge in [0.2, 0.25) is 0 Å². The lowest BCUT2D eigenvalue weighted by Crippen LogP contribution is -2.36. The number of rotatable bonds is 3. The van der Waals surface area contributed by atoms with E-state index in [1.165, 1.54) is 17.3 Å². The molecule has 0 spiro atoms. The molecule has 3 rings (SSSR count). The maximum absolute atomic E-state index is 12.1. The van der Waals surface area contributed by atoms with Gasteiger partial charge in [0.15, 0.2) is 17.7 Å². The van der Waals surface area contributed by atoms with Gasteiger partial charge in [-0.2, -0.15) is 0 Å². The van der Waals surface area contributed by atoms with Crippen molar-refractivity contribution in [3.05, 3.63) is 23.8 Å². The second-order valence-corrected chi connectivity index (χ2v) is 4.74. The number of carbonyl (C=O) groups excluding carboxylic acids is 1. The van der Waals surface area contributed by atoms with Crippen molar-refractivity contribution in [3.63, 3.8) is 0 Å². The Morgan fingerprint density at radius 2 is 2.11 bits per heavy atom. The predicted octanol–water partition coefficient (Wildman–Crippen LogP) is 0.0764. The van der Waals surface area contributed by atoms with Gasteiger partial charge in [-0.3, -0.25) is 9.78 Å². The van der Waals surface area contributed by atoms with Gasteiger partial charge in [0, 0.05) is 25.4 Å². The van der Waals surface area contributed by atoms with E-state index in [9.17, 15) is 9.90 Å². The van der Waals surface area contributed by atoms with E-state index in [4.69, 9.17) is 9.47 Å². The van der Waals surface area contributed by atoms with Crippen molar-refractivity contribution in [1.82, 2.24) is 14.9 Å². The Morgan fingerprint density at radius 3 is 2.79 bits per heavy atom. The molecule has 1 N–H and O–H groups in total. The summed E-state index contributed by atoms with van der Waals surface area (Å²) < 4.78 is 10.9. The minimum atomic E-state index is -1.04. The Labute approximate surface area is 110 Å². The summed E-state index contributed by atoms with van der Waals surface area (Å²) in [4.78, 5) is 21.4. The molecule has 102 valence electrons. The Balaban J connectivity index is 1.72. The van der Waals surface area contributed by atoms with Crippen molar-refractivity contribution in [2.75, 3.05) is 19.8 Å². The molecule has 1 unspecified atom stereocenters. The van der Waals surface area contributed by atoms with Gasteiger partial charge >= 0.3 is 0 Å². The fourth-order valence-electron chi connectivity index (χ4n) is 2.35. The zero-order chi connectivity index (χ0) is 13.5. The molecule has 7 nitrogen and oxygen atoms in total. The molecule has 0 saturated carbocycles. The number of hydrogen-bond acceptors (Lipinski definition) is 6. The van der Waals surface area contributed by atoms with Gasteiger partial charge in [-0.05, 0) is 6.92 Å². The Morgan fingerprint density at radius 1 is 1.42 bits per heavy atom. The van der Waals surface area contributed by atoms with Gasteiger partial charge in [0.1, 0.15) is 5.69 Å². The summed E-state index contributed by atoms with van der Waals surface area (Å²) in [5.41, 5.74) is 0.527. The van der Waals surface area contributed by atoms with Crippen LogP contribution >= 0.6 is 0 Å². The van der Waals surface area contributed by atoms with E-state index in [1.54, 1.807) is 0 Å². The van der Waals surface area contributed by atoms with Crippen molar-refractivity contribution in [1.29, 1.82) is 0 Å². The van der Waals surface area contributed by atoms with Crippen LogP contribution < -0.4 is 0 Å². The summed E-state index contributed by atoms with van der Waals surface area (Å²) in [7, 11) is 0. The van der Waals surface area contributed by atoms with E-state index < -0.39 is 12.0 Å². The molecule has 0 aromatic carbocycles. The number of hydrogen-bond donors (Lipinski definition) is 1. The molecule has 1 atom stereocenters. The summed E-state index contributed by atoms with van der Waals surface area (Å²) >= 11 is 0. The highest BCUT2D eigenvalue weighted by Crippen LogP contribution is 2.30. The van der Waals surface area contributed by atoms with Gasteiger partial charge in [-0.1, -0.05) is 0 Å². The Hall–Kier alpha value is -1.57. The number of carbonyl (C=O) groups is 1. The second-order valence-electron chi connectivity index (χ2n) is 4.74. The van der Waals surface area contributed by atoms with Crippen molar-refractivity contribution < 1.29 is 19.4 Å². The van der Waals surface area contributed by atoms with Crippen LogP contribution in [0.15, 0.2) is 12.4 Å².